The lowest BCUT2D eigenvalue weighted by molar-refractivity contribution is 0.674. The lowest BCUT2D eigenvalue weighted by Gasteiger charge is -2.05. The predicted octanol–water partition coefficient (Wildman–Crippen LogP) is 0.819. The van der Waals surface area contributed by atoms with Crippen molar-refractivity contribution in [2.75, 3.05) is 5.73 Å². The van der Waals surface area contributed by atoms with Crippen molar-refractivity contribution < 1.29 is 0 Å². The topological polar surface area (TPSA) is 87.8 Å². The van der Waals surface area contributed by atoms with E-state index in [1.807, 2.05) is 24.3 Å². The van der Waals surface area contributed by atoms with Crippen molar-refractivity contribution in [1.29, 1.82) is 0 Å². The molecule has 2 aromatic heterocycles. The number of benzene rings is 1. The van der Waals surface area contributed by atoms with Crippen LogP contribution >= 0.6 is 0 Å². The third-order valence-electron chi connectivity index (χ3n) is 3.98. The summed E-state index contributed by atoms with van der Waals surface area (Å²) in [6, 6.07) is 7.39. The van der Waals surface area contributed by atoms with E-state index >= 15 is 0 Å². The Labute approximate surface area is 143 Å². The van der Waals surface area contributed by atoms with Crippen molar-refractivity contribution in [3.63, 3.8) is 0 Å². The van der Waals surface area contributed by atoms with E-state index in [2.05, 4.69) is 10.9 Å². The minimum Gasteiger partial charge on any atom is -0.399 e. The SMILES string of the molecule is C#CCn1c(=O)c2c(nc(/C=C/c3cccc(N)c3)n2C)n(C)c1=O. The number of rotatable bonds is 3. The Balaban J connectivity index is 2.19. The van der Waals surface area contributed by atoms with Gasteiger partial charge in [-0.15, -0.1) is 6.42 Å². The van der Waals surface area contributed by atoms with Crippen molar-refractivity contribution in [3.8, 4) is 12.3 Å². The summed E-state index contributed by atoms with van der Waals surface area (Å²) < 4.78 is 3.99. The van der Waals surface area contributed by atoms with Gasteiger partial charge in [-0.3, -0.25) is 9.36 Å². The molecule has 3 aromatic rings. The molecular weight excluding hydrogens is 318 g/mol. The third-order valence-corrected chi connectivity index (χ3v) is 3.98. The number of anilines is 1. The number of nitrogens with two attached hydrogens (primary N) is 1. The molecule has 0 spiro atoms. The van der Waals surface area contributed by atoms with Gasteiger partial charge in [-0.2, -0.15) is 0 Å². The van der Waals surface area contributed by atoms with Crippen LogP contribution in [0.25, 0.3) is 23.3 Å². The molecule has 126 valence electrons. The normalized spacial score (nSPS) is 11.2. The lowest BCUT2D eigenvalue weighted by Crippen LogP contribution is -2.39. The van der Waals surface area contributed by atoms with Crippen LogP contribution in [0.15, 0.2) is 33.9 Å². The molecule has 0 aliphatic carbocycles. The van der Waals surface area contributed by atoms with Gasteiger partial charge >= 0.3 is 5.69 Å². The van der Waals surface area contributed by atoms with Crippen molar-refractivity contribution in [1.82, 2.24) is 18.7 Å². The first kappa shape index (κ1) is 16.3. The van der Waals surface area contributed by atoms with Gasteiger partial charge in [0.05, 0.1) is 6.54 Å². The molecule has 2 N–H and O–H groups in total. The molecule has 3 rings (SSSR count). The molecule has 25 heavy (non-hydrogen) atoms. The number of nitrogen functional groups attached to an aromatic ring is 1. The minimum atomic E-state index is -0.486. The van der Waals surface area contributed by atoms with Crippen molar-refractivity contribution in [3.05, 3.63) is 56.5 Å². The summed E-state index contributed by atoms with van der Waals surface area (Å²) in [5.74, 6) is 2.87. The Morgan fingerprint density at radius 1 is 1.24 bits per heavy atom. The first-order valence-corrected chi connectivity index (χ1v) is 7.57. The maximum Gasteiger partial charge on any atom is 0.333 e. The van der Waals surface area contributed by atoms with Crippen LogP contribution in [0, 0.1) is 12.3 Å². The van der Waals surface area contributed by atoms with Gasteiger partial charge in [0.1, 0.15) is 5.82 Å². The minimum absolute atomic E-state index is 0.0823. The third kappa shape index (κ3) is 2.74. The summed E-state index contributed by atoms with van der Waals surface area (Å²) in [7, 11) is 3.29. The number of aromatic nitrogens is 4. The van der Waals surface area contributed by atoms with Crippen LogP contribution in [-0.4, -0.2) is 18.7 Å². The molecule has 0 aliphatic heterocycles. The Morgan fingerprint density at radius 3 is 2.68 bits per heavy atom. The fourth-order valence-electron chi connectivity index (χ4n) is 2.67. The molecular formula is C18H17N5O2. The highest BCUT2D eigenvalue weighted by atomic mass is 16.2. The van der Waals surface area contributed by atoms with Gasteiger partial charge in [0.25, 0.3) is 5.56 Å². The summed E-state index contributed by atoms with van der Waals surface area (Å²) in [6.07, 6.45) is 8.87. The Bertz CT molecular complexity index is 1160. The van der Waals surface area contributed by atoms with Crippen LogP contribution in [0.3, 0.4) is 0 Å². The molecule has 0 amide bonds. The number of aryl methyl sites for hydroxylation is 2. The molecule has 0 radical (unpaired) electrons. The van der Waals surface area contributed by atoms with Gasteiger partial charge in [0, 0.05) is 19.8 Å². The van der Waals surface area contributed by atoms with Crippen LogP contribution in [0.2, 0.25) is 0 Å². The zero-order valence-corrected chi connectivity index (χ0v) is 13.9. The fraction of sp³-hybridized carbons (Fsp3) is 0.167. The second kappa shape index (κ2) is 6.17. The summed E-state index contributed by atoms with van der Waals surface area (Å²) in [5, 5.41) is 0. The van der Waals surface area contributed by atoms with E-state index in [9.17, 15) is 9.59 Å². The molecule has 0 saturated carbocycles. The van der Waals surface area contributed by atoms with Crippen LogP contribution in [0.1, 0.15) is 11.4 Å². The zero-order chi connectivity index (χ0) is 18.1. The number of fused-ring (bicyclic) bond motifs is 1. The summed E-state index contributed by atoms with van der Waals surface area (Å²) in [6.45, 7) is -0.0823. The number of nitrogens with zero attached hydrogens (tertiary/aromatic N) is 4. The maximum atomic E-state index is 12.6. The molecule has 0 bridgehead atoms. The van der Waals surface area contributed by atoms with Gasteiger partial charge in [-0.25, -0.2) is 14.3 Å². The molecule has 0 atom stereocenters. The summed E-state index contributed by atoms with van der Waals surface area (Å²) in [5.41, 5.74) is 7.04. The van der Waals surface area contributed by atoms with Gasteiger partial charge in [0.15, 0.2) is 11.2 Å². The summed E-state index contributed by atoms with van der Waals surface area (Å²) >= 11 is 0. The average molecular weight is 335 g/mol. The summed E-state index contributed by atoms with van der Waals surface area (Å²) in [4.78, 5) is 29.3. The van der Waals surface area contributed by atoms with Crippen LogP contribution < -0.4 is 17.0 Å². The number of imidazole rings is 1. The lowest BCUT2D eigenvalue weighted by atomic mass is 10.2. The number of hydrogen-bond donors (Lipinski definition) is 1. The van der Waals surface area contributed by atoms with Gasteiger partial charge in [0.2, 0.25) is 0 Å². The van der Waals surface area contributed by atoms with E-state index in [0.717, 1.165) is 10.1 Å². The molecule has 0 unspecified atom stereocenters. The second-order valence-corrected chi connectivity index (χ2v) is 5.64. The van der Waals surface area contributed by atoms with Gasteiger partial charge in [-0.05, 0) is 23.8 Å². The maximum absolute atomic E-state index is 12.6. The van der Waals surface area contributed by atoms with Crippen LogP contribution in [0.5, 0.6) is 0 Å². The first-order valence-electron chi connectivity index (χ1n) is 7.57. The molecule has 7 heteroatoms. The number of hydrogen-bond acceptors (Lipinski definition) is 4. The van der Waals surface area contributed by atoms with E-state index in [1.54, 1.807) is 30.8 Å². The van der Waals surface area contributed by atoms with Crippen molar-refractivity contribution in [2.24, 2.45) is 14.1 Å². The highest BCUT2D eigenvalue weighted by molar-refractivity contribution is 5.77. The molecule has 0 fully saturated rings. The van der Waals surface area contributed by atoms with Crippen LogP contribution in [0.4, 0.5) is 5.69 Å². The second-order valence-electron chi connectivity index (χ2n) is 5.64. The average Bonchev–Trinajstić information content (AvgIpc) is 2.92. The Morgan fingerprint density at radius 2 is 2.00 bits per heavy atom. The number of terminal acetylenes is 1. The molecule has 1 aromatic carbocycles. The molecule has 7 nitrogen and oxygen atoms in total. The van der Waals surface area contributed by atoms with E-state index in [0.29, 0.717) is 22.7 Å². The van der Waals surface area contributed by atoms with Gasteiger partial charge in [-0.1, -0.05) is 24.1 Å². The van der Waals surface area contributed by atoms with Crippen molar-refractivity contribution >= 4 is 29.0 Å². The van der Waals surface area contributed by atoms with Crippen molar-refractivity contribution in [2.45, 2.75) is 6.54 Å². The smallest absolute Gasteiger partial charge is 0.333 e. The van der Waals surface area contributed by atoms with E-state index in [1.165, 1.54) is 4.57 Å². The molecule has 2 heterocycles. The Hall–Kier alpha value is -3.53. The fourth-order valence-corrected chi connectivity index (χ4v) is 2.67. The highest BCUT2D eigenvalue weighted by Gasteiger charge is 2.16. The predicted molar refractivity (Wildman–Crippen MR) is 98.8 cm³/mol. The van der Waals surface area contributed by atoms with E-state index in [-0.39, 0.29) is 6.54 Å². The first-order chi connectivity index (χ1) is 11.9. The quantitative estimate of drug-likeness (QED) is 0.567. The highest BCUT2D eigenvalue weighted by Crippen LogP contribution is 2.14. The largest absolute Gasteiger partial charge is 0.399 e. The zero-order valence-electron chi connectivity index (χ0n) is 13.9. The van der Waals surface area contributed by atoms with Crippen LogP contribution in [-0.2, 0) is 20.6 Å². The van der Waals surface area contributed by atoms with Gasteiger partial charge < -0.3 is 10.3 Å². The van der Waals surface area contributed by atoms with E-state index < -0.39 is 11.2 Å². The monoisotopic (exact) mass is 335 g/mol. The Kier molecular flexibility index (Phi) is 4.03. The molecule has 0 saturated heterocycles. The standard InChI is InChI=1S/C18H17N5O2/c1-4-10-23-17(24)15-16(22(3)18(23)25)20-14(21(15)2)9-8-12-6-5-7-13(19)11-12/h1,5-9,11H,10,19H2,2-3H3/b9-8+. The van der Waals surface area contributed by atoms with E-state index in [4.69, 9.17) is 12.2 Å². The molecule has 0 aliphatic rings.